The fourth-order valence-corrected chi connectivity index (χ4v) is 11.4. The maximum Gasteiger partial charge on any atom is 0.303 e. The standard InChI is InChI=1S/C40H50N2O5S/c1-24(43)42-27-9-11-28(12-10-27)48-33-21-34-38(6,30-20-32(47-26(3)45)31(19-29(30)33)46-25(2)44)16-18-40(8)35-22-36(4,23-41)13-14-37(35,5)15-17-39(34,40)7/h9-12,19-21,31-33,35H,13-18,22H2,1-8H3,(H,42,43)/t31?,32?,33?,35-,36-,37-,38+,39-,40+/m1/s1. The zero-order valence-electron chi connectivity index (χ0n) is 29.7. The largest absolute Gasteiger partial charge is 0.454 e. The number of nitriles is 1. The van der Waals surface area contributed by atoms with Crippen molar-refractivity contribution in [2.45, 2.75) is 123 Å². The van der Waals surface area contributed by atoms with E-state index in [1.807, 2.05) is 30.3 Å². The fraction of sp³-hybridized carbons (Fsp3) is 0.600. The number of hydrogen-bond donors (Lipinski definition) is 1. The molecule has 1 N–H and O–H groups in total. The highest BCUT2D eigenvalue weighted by molar-refractivity contribution is 8.00. The van der Waals surface area contributed by atoms with Crippen molar-refractivity contribution in [3.8, 4) is 6.07 Å². The Balaban J connectivity index is 1.49. The van der Waals surface area contributed by atoms with Crippen molar-refractivity contribution in [1.29, 1.82) is 5.26 Å². The molecule has 3 saturated carbocycles. The van der Waals surface area contributed by atoms with Crippen molar-refractivity contribution in [2.75, 3.05) is 5.32 Å². The second kappa shape index (κ2) is 11.9. The van der Waals surface area contributed by atoms with Crippen LogP contribution in [0.15, 0.2) is 64.1 Å². The third kappa shape index (κ3) is 5.64. The second-order valence-corrected chi connectivity index (χ2v) is 17.6. The van der Waals surface area contributed by atoms with Gasteiger partial charge >= 0.3 is 11.9 Å². The van der Waals surface area contributed by atoms with Crippen molar-refractivity contribution >= 4 is 35.3 Å². The molecule has 7 nitrogen and oxygen atoms in total. The third-order valence-corrected chi connectivity index (χ3v) is 14.3. The van der Waals surface area contributed by atoms with Crippen LogP contribution < -0.4 is 5.32 Å². The number of carbonyl (C=O) groups excluding carboxylic acids is 3. The van der Waals surface area contributed by atoms with Crippen LogP contribution in [0.2, 0.25) is 0 Å². The van der Waals surface area contributed by atoms with E-state index in [4.69, 9.17) is 9.47 Å². The molecule has 3 unspecified atom stereocenters. The van der Waals surface area contributed by atoms with Crippen LogP contribution in [-0.4, -0.2) is 35.3 Å². The summed E-state index contributed by atoms with van der Waals surface area (Å²) in [6.45, 7) is 16.3. The molecule has 0 radical (unpaired) electrons. The Morgan fingerprint density at radius 3 is 2.06 bits per heavy atom. The lowest BCUT2D eigenvalue weighted by atomic mass is 9.34. The fourth-order valence-electron chi connectivity index (χ4n) is 10.3. The molecule has 1 aromatic rings. The number of allylic oxidation sites excluding steroid dienone is 2. The number of benzene rings is 1. The quantitative estimate of drug-likeness (QED) is 0.247. The van der Waals surface area contributed by atoms with Gasteiger partial charge in [-0.25, -0.2) is 0 Å². The van der Waals surface area contributed by atoms with Gasteiger partial charge in [0, 0.05) is 36.8 Å². The van der Waals surface area contributed by atoms with E-state index >= 15 is 0 Å². The molecule has 0 heterocycles. The molecule has 0 aromatic heterocycles. The maximum atomic E-state index is 12.3. The summed E-state index contributed by atoms with van der Waals surface area (Å²) in [7, 11) is 0. The van der Waals surface area contributed by atoms with Gasteiger partial charge in [-0.3, -0.25) is 14.4 Å². The van der Waals surface area contributed by atoms with E-state index in [0.29, 0.717) is 5.92 Å². The molecule has 1 amide bonds. The van der Waals surface area contributed by atoms with Gasteiger partial charge in [0.1, 0.15) is 0 Å². The van der Waals surface area contributed by atoms with E-state index in [1.165, 1.54) is 26.3 Å². The maximum absolute atomic E-state index is 12.3. The zero-order chi connectivity index (χ0) is 34.9. The third-order valence-electron chi connectivity index (χ3n) is 13.1. The number of fused-ring (bicyclic) bond motifs is 7. The van der Waals surface area contributed by atoms with Crippen molar-refractivity contribution in [2.24, 2.45) is 33.0 Å². The van der Waals surface area contributed by atoms with Gasteiger partial charge in [-0.2, -0.15) is 5.26 Å². The summed E-state index contributed by atoms with van der Waals surface area (Å²) in [5.41, 5.74) is 3.94. The Hall–Kier alpha value is -3.31. The number of anilines is 1. The Morgan fingerprint density at radius 1 is 0.833 bits per heavy atom. The second-order valence-electron chi connectivity index (χ2n) is 16.3. The topological polar surface area (TPSA) is 105 Å². The molecule has 5 aliphatic carbocycles. The summed E-state index contributed by atoms with van der Waals surface area (Å²) < 4.78 is 11.6. The van der Waals surface area contributed by atoms with Crippen LogP contribution in [0.4, 0.5) is 5.69 Å². The average Bonchev–Trinajstić information content (AvgIpc) is 3.01. The van der Waals surface area contributed by atoms with E-state index in [-0.39, 0.29) is 38.2 Å². The number of amides is 1. The molecule has 0 spiro atoms. The minimum absolute atomic E-state index is 0.00506. The molecule has 0 aliphatic heterocycles. The number of rotatable bonds is 5. The summed E-state index contributed by atoms with van der Waals surface area (Å²) >= 11 is 1.74. The molecule has 3 fully saturated rings. The smallest absolute Gasteiger partial charge is 0.303 e. The van der Waals surface area contributed by atoms with Crippen LogP contribution in [0.3, 0.4) is 0 Å². The van der Waals surface area contributed by atoms with Gasteiger partial charge in [-0.05, 0) is 122 Å². The van der Waals surface area contributed by atoms with Gasteiger partial charge in [0.2, 0.25) is 5.91 Å². The molecule has 48 heavy (non-hydrogen) atoms. The summed E-state index contributed by atoms with van der Waals surface area (Å²) in [6, 6.07) is 10.6. The predicted molar refractivity (Wildman–Crippen MR) is 188 cm³/mol. The molecule has 256 valence electrons. The van der Waals surface area contributed by atoms with E-state index in [0.717, 1.165) is 66.7 Å². The summed E-state index contributed by atoms with van der Waals surface area (Å²) in [5.74, 6) is -0.525. The lowest BCUT2D eigenvalue weighted by molar-refractivity contribution is -0.159. The minimum atomic E-state index is -0.723. The van der Waals surface area contributed by atoms with E-state index in [2.05, 4.69) is 58.2 Å². The lowest BCUT2D eigenvalue weighted by Crippen LogP contribution is -2.62. The van der Waals surface area contributed by atoms with Gasteiger partial charge in [-0.1, -0.05) is 39.3 Å². The number of hydrogen-bond acceptors (Lipinski definition) is 7. The number of ether oxygens (including phenoxy) is 2. The van der Waals surface area contributed by atoms with Crippen molar-refractivity contribution in [1.82, 2.24) is 0 Å². The van der Waals surface area contributed by atoms with Crippen LogP contribution in [0, 0.1) is 44.3 Å². The molecule has 9 atom stereocenters. The molecule has 5 aliphatic rings. The molecule has 8 heteroatoms. The Kier molecular flexibility index (Phi) is 8.59. The van der Waals surface area contributed by atoms with Crippen molar-refractivity contribution in [3.63, 3.8) is 0 Å². The summed E-state index contributed by atoms with van der Waals surface area (Å²) in [5, 5.41) is 13.0. The Morgan fingerprint density at radius 2 is 1.46 bits per heavy atom. The molecule has 0 bridgehead atoms. The number of nitrogens with zero attached hydrogens (tertiary/aromatic N) is 1. The number of nitrogens with one attached hydrogen (secondary N) is 1. The first-order chi connectivity index (χ1) is 22.4. The first kappa shape index (κ1) is 34.5. The predicted octanol–water partition coefficient (Wildman–Crippen LogP) is 8.72. The van der Waals surface area contributed by atoms with Gasteiger partial charge in [0.25, 0.3) is 0 Å². The highest BCUT2D eigenvalue weighted by atomic mass is 32.2. The van der Waals surface area contributed by atoms with Crippen molar-refractivity contribution < 1.29 is 23.9 Å². The van der Waals surface area contributed by atoms with Crippen LogP contribution in [0.25, 0.3) is 0 Å². The Bertz CT molecular complexity index is 1670. The zero-order valence-corrected chi connectivity index (χ0v) is 30.5. The van der Waals surface area contributed by atoms with Gasteiger partial charge in [0.05, 0.1) is 16.7 Å². The average molecular weight is 671 g/mol. The number of esters is 2. The first-order valence-electron chi connectivity index (χ1n) is 17.4. The SMILES string of the molecule is CC(=O)Nc1ccc(SC2C=C3[C@@](C)(CC[C@@]4(C)[C@@H]5C[C@](C)(C#N)CC[C@]5(C)CC[C@]34C)C3=CC(OC(C)=O)C(OC(C)=O)C=C32)cc1. The van der Waals surface area contributed by atoms with Gasteiger partial charge in [0.15, 0.2) is 12.2 Å². The van der Waals surface area contributed by atoms with Crippen LogP contribution in [0.5, 0.6) is 0 Å². The van der Waals surface area contributed by atoms with Crippen LogP contribution in [0.1, 0.15) is 100 Å². The monoisotopic (exact) mass is 670 g/mol. The van der Waals surface area contributed by atoms with Crippen LogP contribution >= 0.6 is 11.8 Å². The van der Waals surface area contributed by atoms with E-state index in [1.54, 1.807) is 11.8 Å². The van der Waals surface area contributed by atoms with Gasteiger partial charge < -0.3 is 14.8 Å². The van der Waals surface area contributed by atoms with Crippen LogP contribution in [-0.2, 0) is 23.9 Å². The summed E-state index contributed by atoms with van der Waals surface area (Å²) in [4.78, 5) is 37.3. The normalized spacial score (nSPS) is 39.8. The molecule has 0 saturated heterocycles. The van der Waals surface area contributed by atoms with E-state index < -0.39 is 24.1 Å². The first-order valence-corrected chi connectivity index (χ1v) is 18.3. The number of thioether (sulfide) groups is 1. The summed E-state index contributed by atoms with van der Waals surface area (Å²) in [6.07, 6.45) is 12.3. The molecular weight excluding hydrogens is 621 g/mol. The molecule has 1 aromatic carbocycles. The minimum Gasteiger partial charge on any atom is -0.454 e. The highest BCUT2D eigenvalue weighted by Gasteiger charge is 2.67. The molecular formula is C40H50N2O5S. The lowest BCUT2D eigenvalue weighted by Gasteiger charge is -2.70. The molecule has 6 rings (SSSR count). The Labute approximate surface area is 290 Å². The van der Waals surface area contributed by atoms with Crippen molar-refractivity contribution in [3.05, 3.63) is 59.2 Å². The van der Waals surface area contributed by atoms with E-state index in [9.17, 15) is 19.6 Å². The number of carbonyl (C=O) groups is 3. The van der Waals surface area contributed by atoms with Gasteiger partial charge in [-0.15, -0.1) is 11.8 Å². The highest BCUT2D eigenvalue weighted by Crippen LogP contribution is 2.76.